The number of thiazole rings is 1. The number of hydrogen-bond acceptors (Lipinski definition) is 6. The highest BCUT2D eigenvalue weighted by atomic mass is 32.1. The first-order valence-electron chi connectivity index (χ1n) is 8.03. The van der Waals surface area contributed by atoms with Crippen LogP contribution < -0.4 is 11.1 Å². The Morgan fingerprint density at radius 2 is 2.12 bits per heavy atom. The average Bonchev–Trinajstić information content (AvgIpc) is 3.05. The minimum Gasteiger partial charge on any atom is -0.399 e. The molecule has 2 aromatic heterocycles. The van der Waals surface area contributed by atoms with E-state index in [4.69, 9.17) is 5.73 Å². The minimum absolute atomic E-state index is 0.288. The van der Waals surface area contributed by atoms with Crippen LogP contribution in [-0.2, 0) is 11.8 Å². The van der Waals surface area contributed by atoms with Gasteiger partial charge in [0.25, 0.3) is 0 Å². The van der Waals surface area contributed by atoms with Gasteiger partial charge < -0.3 is 11.1 Å². The zero-order valence-corrected chi connectivity index (χ0v) is 15.1. The van der Waals surface area contributed by atoms with Crippen LogP contribution in [0.4, 0.5) is 18.3 Å². The number of aryl methyl sites for hydroxylation is 1. The molecule has 0 bridgehead atoms. The van der Waals surface area contributed by atoms with E-state index in [1.165, 1.54) is 29.7 Å². The fraction of sp³-hybridized carbons (Fsp3) is 0.353. The molecule has 0 saturated carbocycles. The van der Waals surface area contributed by atoms with Gasteiger partial charge in [0.2, 0.25) is 0 Å². The summed E-state index contributed by atoms with van der Waals surface area (Å²) in [5.41, 5.74) is 4.85. The Morgan fingerprint density at radius 3 is 2.69 bits per heavy atom. The summed E-state index contributed by atoms with van der Waals surface area (Å²) in [6.45, 7) is 1.94. The number of nitrogens with zero attached hydrogens (tertiary/aromatic N) is 3. The lowest BCUT2D eigenvalue weighted by Crippen LogP contribution is -2.43. The zero-order valence-electron chi connectivity index (χ0n) is 14.3. The number of aromatic nitrogens is 3. The fourth-order valence-corrected chi connectivity index (χ4v) is 3.73. The van der Waals surface area contributed by atoms with Gasteiger partial charge in [-0.15, -0.1) is 0 Å². The summed E-state index contributed by atoms with van der Waals surface area (Å²) in [5.74, 6) is -0.288. The monoisotopic (exact) mass is 381 g/mol. The smallest absolute Gasteiger partial charge is 0.399 e. The molecule has 0 radical (unpaired) electrons. The number of halogens is 3. The number of allylic oxidation sites excluding steroid dienone is 3. The summed E-state index contributed by atoms with van der Waals surface area (Å²) < 4.78 is 41.8. The van der Waals surface area contributed by atoms with Crippen molar-refractivity contribution in [2.45, 2.75) is 31.4 Å². The van der Waals surface area contributed by atoms with E-state index in [-0.39, 0.29) is 12.2 Å². The molecule has 0 spiro atoms. The van der Waals surface area contributed by atoms with Crippen molar-refractivity contribution in [3.8, 4) is 10.6 Å². The highest BCUT2D eigenvalue weighted by molar-refractivity contribution is 7.19. The maximum absolute atomic E-state index is 13.9. The molecule has 0 aliphatic heterocycles. The van der Waals surface area contributed by atoms with Crippen LogP contribution in [0.3, 0.4) is 0 Å². The molecule has 0 saturated heterocycles. The Balaban J connectivity index is 2.12. The zero-order chi connectivity index (χ0) is 18.9. The Kier molecular flexibility index (Phi) is 4.74. The second kappa shape index (κ2) is 6.71. The van der Waals surface area contributed by atoms with E-state index in [2.05, 4.69) is 20.3 Å². The van der Waals surface area contributed by atoms with Crippen molar-refractivity contribution in [1.29, 1.82) is 0 Å². The third kappa shape index (κ3) is 3.07. The van der Waals surface area contributed by atoms with E-state index in [0.717, 1.165) is 16.6 Å². The Bertz CT molecular complexity index is 872. The van der Waals surface area contributed by atoms with Crippen LogP contribution in [0, 0.1) is 0 Å². The summed E-state index contributed by atoms with van der Waals surface area (Å²) in [6.07, 6.45) is 0.802. The molecule has 2 aromatic rings. The summed E-state index contributed by atoms with van der Waals surface area (Å²) in [7, 11) is 1.75. The molecule has 26 heavy (non-hydrogen) atoms. The van der Waals surface area contributed by atoms with Crippen LogP contribution in [0.15, 0.2) is 36.2 Å². The molecule has 1 aliphatic rings. The van der Waals surface area contributed by atoms with Crippen LogP contribution in [0.25, 0.3) is 10.6 Å². The van der Waals surface area contributed by atoms with Crippen molar-refractivity contribution in [3.05, 3.63) is 47.7 Å². The Labute approximate surface area is 152 Å². The number of nitrogens with one attached hydrogen (secondary N) is 1. The molecular weight excluding hydrogens is 363 g/mol. The van der Waals surface area contributed by atoms with Gasteiger partial charge in [-0.3, -0.25) is 0 Å². The molecule has 9 heteroatoms. The molecule has 2 heterocycles. The number of rotatable bonds is 4. The van der Waals surface area contributed by atoms with Crippen molar-refractivity contribution in [2.24, 2.45) is 5.73 Å². The molecule has 0 amide bonds. The SMILES string of the molecule is CCc1nc(NC)sc1-c1ccnc(C2(C(F)(F)F)C=CC(N)=CC2)n1. The topological polar surface area (TPSA) is 76.7 Å². The molecule has 0 fully saturated rings. The van der Waals surface area contributed by atoms with Crippen LogP contribution in [0.2, 0.25) is 0 Å². The molecule has 0 aromatic carbocycles. The molecule has 138 valence electrons. The molecule has 1 aliphatic carbocycles. The first-order valence-corrected chi connectivity index (χ1v) is 8.85. The van der Waals surface area contributed by atoms with Gasteiger partial charge in [0.05, 0.1) is 16.3 Å². The fourth-order valence-electron chi connectivity index (χ4n) is 2.75. The lowest BCUT2D eigenvalue weighted by molar-refractivity contribution is -0.177. The quantitative estimate of drug-likeness (QED) is 0.842. The van der Waals surface area contributed by atoms with Gasteiger partial charge in [-0.1, -0.05) is 30.4 Å². The van der Waals surface area contributed by atoms with E-state index < -0.39 is 11.6 Å². The van der Waals surface area contributed by atoms with Crippen LogP contribution >= 0.6 is 11.3 Å². The molecule has 3 N–H and O–H groups in total. The summed E-state index contributed by atoms with van der Waals surface area (Å²) in [6, 6.07) is 1.61. The van der Waals surface area contributed by atoms with Crippen molar-refractivity contribution in [3.63, 3.8) is 0 Å². The molecule has 3 rings (SSSR count). The predicted octanol–water partition coefficient (Wildman–Crippen LogP) is 3.81. The normalized spacial score (nSPS) is 20.1. The number of hydrogen-bond donors (Lipinski definition) is 2. The second-order valence-electron chi connectivity index (χ2n) is 5.87. The summed E-state index contributed by atoms with van der Waals surface area (Å²) in [4.78, 5) is 13.4. The Morgan fingerprint density at radius 1 is 1.35 bits per heavy atom. The van der Waals surface area contributed by atoms with Gasteiger partial charge in [-0.25, -0.2) is 15.0 Å². The molecular formula is C17H18F3N5S. The third-order valence-electron chi connectivity index (χ3n) is 4.26. The van der Waals surface area contributed by atoms with E-state index >= 15 is 0 Å². The van der Waals surface area contributed by atoms with Crippen LogP contribution in [0.5, 0.6) is 0 Å². The maximum Gasteiger partial charge on any atom is 0.405 e. The van der Waals surface area contributed by atoms with Gasteiger partial charge in [0, 0.05) is 18.9 Å². The Hall–Kier alpha value is -2.42. The third-order valence-corrected chi connectivity index (χ3v) is 5.40. The first-order chi connectivity index (χ1) is 12.3. The lowest BCUT2D eigenvalue weighted by Gasteiger charge is -2.32. The number of anilines is 1. The molecule has 5 nitrogen and oxygen atoms in total. The summed E-state index contributed by atoms with van der Waals surface area (Å²) >= 11 is 1.36. The highest BCUT2D eigenvalue weighted by Gasteiger charge is 2.56. The lowest BCUT2D eigenvalue weighted by atomic mass is 9.79. The number of alkyl halides is 3. The van der Waals surface area contributed by atoms with E-state index in [1.807, 2.05) is 6.92 Å². The maximum atomic E-state index is 13.9. The predicted molar refractivity (Wildman–Crippen MR) is 95.8 cm³/mol. The minimum atomic E-state index is -4.54. The van der Waals surface area contributed by atoms with Crippen LogP contribution in [0.1, 0.15) is 24.9 Å². The first kappa shape index (κ1) is 18.4. The van der Waals surface area contributed by atoms with Crippen molar-refractivity contribution in [1.82, 2.24) is 15.0 Å². The molecule has 1 atom stereocenters. The van der Waals surface area contributed by atoms with E-state index in [0.29, 0.717) is 22.9 Å². The van der Waals surface area contributed by atoms with Gasteiger partial charge in [0.1, 0.15) is 11.2 Å². The van der Waals surface area contributed by atoms with Crippen molar-refractivity contribution in [2.75, 3.05) is 12.4 Å². The van der Waals surface area contributed by atoms with E-state index in [9.17, 15) is 13.2 Å². The average molecular weight is 381 g/mol. The van der Waals surface area contributed by atoms with Crippen molar-refractivity contribution < 1.29 is 13.2 Å². The summed E-state index contributed by atoms with van der Waals surface area (Å²) in [5, 5.41) is 3.65. The van der Waals surface area contributed by atoms with Gasteiger partial charge >= 0.3 is 6.18 Å². The highest BCUT2D eigenvalue weighted by Crippen LogP contribution is 2.46. The van der Waals surface area contributed by atoms with Crippen LogP contribution in [-0.4, -0.2) is 28.2 Å². The number of nitrogens with two attached hydrogens (primary N) is 1. The van der Waals surface area contributed by atoms with Gasteiger partial charge in [-0.2, -0.15) is 13.2 Å². The van der Waals surface area contributed by atoms with E-state index in [1.54, 1.807) is 13.1 Å². The van der Waals surface area contributed by atoms with Gasteiger partial charge in [0.15, 0.2) is 5.13 Å². The van der Waals surface area contributed by atoms with Gasteiger partial charge in [-0.05, 0) is 25.0 Å². The largest absolute Gasteiger partial charge is 0.405 e. The second-order valence-corrected chi connectivity index (χ2v) is 6.87. The standard InChI is InChI=1S/C17H18F3N5S/c1-3-11-13(26-15(22-2)25-11)12-6-9-23-14(24-12)16(17(18,19)20)7-4-10(21)5-8-16/h4-7,9H,3,8,21H2,1-2H3,(H,22,25). The molecule has 1 unspecified atom stereocenters. The van der Waals surface area contributed by atoms with Crippen molar-refractivity contribution >= 4 is 16.5 Å².